The summed E-state index contributed by atoms with van der Waals surface area (Å²) in [7, 11) is 0. The number of benzene rings is 2. The Morgan fingerprint density at radius 3 is 2.59 bits per heavy atom. The van der Waals surface area contributed by atoms with E-state index in [4.69, 9.17) is 9.47 Å². The molecule has 144 valence electrons. The van der Waals surface area contributed by atoms with Gasteiger partial charge in [-0.25, -0.2) is 4.39 Å². The van der Waals surface area contributed by atoms with Crippen molar-refractivity contribution in [3.8, 4) is 5.75 Å². The topological polar surface area (TPSA) is 76.7 Å². The summed E-state index contributed by atoms with van der Waals surface area (Å²) in [6, 6.07) is 12.5. The van der Waals surface area contributed by atoms with E-state index in [9.17, 15) is 14.0 Å². The molecule has 0 atom stereocenters. The molecule has 27 heavy (non-hydrogen) atoms. The largest absolute Gasteiger partial charge is 0.483 e. The first kappa shape index (κ1) is 20.4. The second kappa shape index (κ2) is 10.9. The van der Waals surface area contributed by atoms with Crippen molar-refractivity contribution in [3.05, 3.63) is 59.9 Å². The van der Waals surface area contributed by atoms with E-state index in [1.807, 2.05) is 6.92 Å². The lowest BCUT2D eigenvalue weighted by Gasteiger charge is -2.12. The second-order valence-electron chi connectivity index (χ2n) is 5.62. The van der Waals surface area contributed by atoms with Gasteiger partial charge in [0.05, 0.1) is 11.3 Å². The van der Waals surface area contributed by atoms with Gasteiger partial charge in [0.1, 0.15) is 11.6 Å². The zero-order valence-electron chi connectivity index (χ0n) is 15.2. The Bertz CT molecular complexity index is 767. The SMILES string of the molecule is CCOCCCNC(=O)c1ccccc1OCC(=O)Nc1ccccc1F. The van der Waals surface area contributed by atoms with Gasteiger partial charge in [-0.05, 0) is 37.6 Å². The summed E-state index contributed by atoms with van der Waals surface area (Å²) < 4.78 is 24.2. The van der Waals surface area contributed by atoms with Crippen LogP contribution in [0.25, 0.3) is 0 Å². The first-order valence-electron chi connectivity index (χ1n) is 8.74. The smallest absolute Gasteiger partial charge is 0.262 e. The quantitative estimate of drug-likeness (QED) is 0.627. The van der Waals surface area contributed by atoms with Crippen molar-refractivity contribution in [2.45, 2.75) is 13.3 Å². The Balaban J connectivity index is 1.88. The summed E-state index contributed by atoms with van der Waals surface area (Å²) in [5, 5.41) is 5.21. The van der Waals surface area contributed by atoms with E-state index in [-0.39, 0.29) is 24.0 Å². The average Bonchev–Trinajstić information content (AvgIpc) is 2.68. The summed E-state index contributed by atoms with van der Waals surface area (Å²) >= 11 is 0. The molecule has 2 N–H and O–H groups in total. The molecule has 0 fully saturated rings. The van der Waals surface area contributed by atoms with Gasteiger partial charge in [0, 0.05) is 19.8 Å². The number of ether oxygens (including phenoxy) is 2. The summed E-state index contributed by atoms with van der Waals surface area (Å²) in [6.07, 6.45) is 0.702. The molecule has 0 aliphatic heterocycles. The second-order valence-corrected chi connectivity index (χ2v) is 5.62. The molecule has 2 aromatic carbocycles. The van der Waals surface area contributed by atoms with Gasteiger partial charge in [0.25, 0.3) is 11.8 Å². The predicted molar refractivity (Wildman–Crippen MR) is 100 cm³/mol. The highest BCUT2D eigenvalue weighted by Crippen LogP contribution is 2.18. The van der Waals surface area contributed by atoms with Crippen LogP contribution in [0.2, 0.25) is 0 Å². The predicted octanol–water partition coefficient (Wildman–Crippen LogP) is 3.00. The van der Waals surface area contributed by atoms with E-state index in [0.29, 0.717) is 31.7 Å². The lowest BCUT2D eigenvalue weighted by molar-refractivity contribution is -0.118. The van der Waals surface area contributed by atoms with Crippen LogP contribution >= 0.6 is 0 Å². The van der Waals surface area contributed by atoms with Crippen molar-refractivity contribution in [1.29, 1.82) is 0 Å². The van der Waals surface area contributed by atoms with E-state index in [2.05, 4.69) is 10.6 Å². The summed E-state index contributed by atoms with van der Waals surface area (Å²) in [5.74, 6) is -1.06. The highest BCUT2D eigenvalue weighted by Gasteiger charge is 2.13. The fourth-order valence-electron chi connectivity index (χ4n) is 2.29. The van der Waals surface area contributed by atoms with Crippen LogP contribution < -0.4 is 15.4 Å². The van der Waals surface area contributed by atoms with Crippen molar-refractivity contribution in [3.63, 3.8) is 0 Å². The van der Waals surface area contributed by atoms with Crippen LogP contribution in [-0.4, -0.2) is 38.2 Å². The minimum Gasteiger partial charge on any atom is -0.483 e. The zero-order valence-corrected chi connectivity index (χ0v) is 15.2. The van der Waals surface area contributed by atoms with E-state index in [0.717, 1.165) is 0 Å². The van der Waals surface area contributed by atoms with Crippen LogP contribution in [0.15, 0.2) is 48.5 Å². The van der Waals surface area contributed by atoms with Gasteiger partial charge < -0.3 is 20.1 Å². The molecule has 2 aromatic rings. The molecule has 0 saturated heterocycles. The first-order valence-corrected chi connectivity index (χ1v) is 8.74. The zero-order chi connectivity index (χ0) is 19.5. The number of halogens is 1. The fourth-order valence-corrected chi connectivity index (χ4v) is 2.29. The van der Waals surface area contributed by atoms with Crippen LogP contribution in [0.3, 0.4) is 0 Å². The van der Waals surface area contributed by atoms with Gasteiger partial charge in [-0.2, -0.15) is 0 Å². The van der Waals surface area contributed by atoms with Crippen molar-refractivity contribution in [2.75, 3.05) is 31.7 Å². The third-order valence-electron chi connectivity index (χ3n) is 3.59. The van der Waals surface area contributed by atoms with Gasteiger partial charge >= 0.3 is 0 Å². The third kappa shape index (κ3) is 6.71. The van der Waals surface area contributed by atoms with Crippen LogP contribution in [0.4, 0.5) is 10.1 Å². The molecular formula is C20H23FN2O4. The summed E-state index contributed by atoms with van der Waals surface area (Å²) in [5.41, 5.74) is 0.402. The number of amides is 2. The van der Waals surface area contributed by atoms with Crippen molar-refractivity contribution >= 4 is 17.5 Å². The number of hydrogen-bond donors (Lipinski definition) is 2. The molecule has 0 aliphatic rings. The lowest BCUT2D eigenvalue weighted by Crippen LogP contribution is -2.26. The number of para-hydroxylation sites is 2. The van der Waals surface area contributed by atoms with Gasteiger partial charge in [0.2, 0.25) is 0 Å². The Kier molecular flexibility index (Phi) is 8.25. The highest BCUT2D eigenvalue weighted by molar-refractivity contribution is 5.97. The van der Waals surface area contributed by atoms with Crippen LogP contribution in [0.1, 0.15) is 23.7 Å². The molecule has 2 rings (SSSR count). The van der Waals surface area contributed by atoms with E-state index in [1.54, 1.807) is 30.3 Å². The van der Waals surface area contributed by atoms with Gasteiger partial charge in [-0.1, -0.05) is 24.3 Å². The average molecular weight is 374 g/mol. The standard InChI is InChI=1S/C20H23FN2O4/c1-2-26-13-7-12-22-20(25)15-8-3-6-11-18(15)27-14-19(24)23-17-10-5-4-9-16(17)21/h3-6,8-11H,2,7,12-14H2,1H3,(H,22,25)(H,23,24). The Hall–Kier alpha value is -2.93. The van der Waals surface area contributed by atoms with Gasteiger partial charge in [-0.15, -0.1) is 0 Å². The van der Waals surface area contributed by atoms with E-state index < -0.39 is 11.7 Å². The molecular weight excluding hydrogens is 351 g/mol. The summed E-state index contributed by atoms with van der Waals surface area (Å²) in [4.78, 5) is 24.3. The Labute approximate surface area is 157 Å². The first-order chi connectivity index (χ1) is 13.1. The molecule has 0 unspecified atom stereocenters. The molecule has 0 radical (unpaired) electrons. The normalized spacial score (nSPS) is 10.3. The monoisotopic (exact) mass is 374 g/mol. The molecule has 0 aromatic heterocycles. The van der Waals surface area contributed by atoms with Crippen molar-refractivity contribution < 1.29 is 23.5 Å². The van der Waals surface area contributed by atoms with Gasteiger partial charge in [0.15, 0.2) is 6.61 Å². The Morgan fingerprint density at radius 1 is 1.07 bits per heavy atom. The van der Waals surface area contributed by atoms with Crippen LogP contribution in [0.5, 0.6) is 5.75 Å². The van der Waals surface area contributed by atoms with E-state index >= 15 is 0 Å². The number of carbonyl (C=O) groups excluding carboxylic acids is 2. The number of hydrogen-bond acceptors (Lipinski definition) is 4. The van der Waals surface area contributed by atoms with Crippen molar-refractivity contribution in [2.24, 2.45) is 0 Å². The Morgan fingerprint density at radius 2 is 1.81 bits per heavy atom. The third-order valence-corrected chi connectivity index (χ3v) is 3.59. The molecule has 0 saturated carbocycles. The van der Waals surface area contributed by atoms with Crippen molar-refractivity contribution in [1.82, 2.24) is 5.32 Å². The molecule has 7 heteroatoms. The number of nitrogens with one attached hydrogen (secondary N) is 2. The maximum atomic E-state index is 13.6. The highest BCUT2D eigenvalue weighted by atomic mass is 19.1. The van der Waals surface area contributed by atoms with Crippen LogP contribution in [-0.2, 0) is 9.53 Å². The van der Waals surface area contributed by atoms with E-state index in [1.165, 1.54) is 18.2 Å². The molecule has 0 heterocycles. The van der Waals surface area contributed by atoms with Crippen LogP contribution in [0, 0.1) is 5.82 Å². The molecule has 2 amide bonds. The number of carbonyl (C=O) groups is 2. The molecule has 6 nitrogen and oxygen atoms in total. The molecule has 0 spiro atoms. The van der Waals surface area contributed by atoms with Gasteiger partial charge in [-0.3, -0.25) is 9.59 Å². The summed E-state index contributed by atoms with van der Waals surface area (Å²) in [6.45, 7) is 3.25. The lowest BCUT2D eigenvalue weighted by atomic mass is 10.2. The number of anilines is 1. The molecule has 0 bridgehead atoms. The number of rotatable bonds is 10. The maximum Gasteiger partial charge on any atom is 0.262 e. The minimum absolute atomic E-state index is 0.0754. The minimum atomic E-state index is -0.530. The fraction of sp³-hybridized carbons (Fsp3) is 0.300. The maximum absolute atomic E-state index is 13.6. The molecule has 0 aliphatic carbocycles.